The van der Waals surface area contributed by atoms with Gasteiger partial charge in [0.15, 0.2) is 0 Å². The Kier molecular flexibility index (Phi) is 10.4. The maximum atomic E-state index is 12.0. The largest absolute Gasteiger partial charge is 0.459 e. The van der Waals surface area contributed by atoms with E-state index in [1.54, 1.807) is 0 Å². The molecule has 3 nitrogen and oxygen atoms in total. The van der Waals surface area contributed by atoms with Gasteiger partial charge in [0, 0.05) is 30.5 Å². The van der Waals surface area contributed by atoms with Crippen molar-refractivity contribution in [3.63, 3.8) is 0 Å². The maximum Gasteiger partial charge on any atom is 0.306 e. The number of esters is 1. The second kappa shape index (κ2) is 11.4. The number of nitrogens with two attached hydrogens (primary N) is 1. The van der Waals surface area contributed by atoms with Gasteiger partial charge >= 0.3 is 5.97 Å². The molecule has 4 heteroatoms. The number of ether oxygens (including phenoxy) is 1. The lowest BCUT2D eigenvalue weighted by Gasteiger charge is -2.35. The standard InChI is InChI=1S/C18H34BrNO2/c1-18(2,16-11-14-20-15-12-16)22-17(21)10-8-6-4-3-5-7-9-13-19/h16,20H,3-15H2,1-2H3/p+1. The molecule has 0 spiro atoms. The Hall–Kier alpha value is -0.0900. The second-order valence-corrected chi connectivity index (χ2v) is 7.92. The molecule has 1 rings (SSSR count). The van der Waals surface area contributed by atoms with Gasteiger partial charge in [-0.3, -0.25) is 4.79 Å². The van der Waals surface area contributed by atoms with Gasteiger partial charge in [-0.25, -0.2) is 0 Å². The molecule has 0 aromatic heterocycles. The summed E-state index contributed by atoms with van der Waals surface area (Å²) in [6.07, 6.45) is 11.5. The van der Waals surface area contributed by atoms with Gasteiger partial charge in [0.05, 0.1) is 13.1 Å². The number of hydrogen-bond donors (Lipinski definition) is 1. The van der Waals surface area contributed by atoms with Gasteiger partial charge in [-0.1, -0.05) is 48.0 Å². The highest BCUT2D eigenvalue weighted by molar-refractivity contribution is 9.09. The van der Waals surface area contributed by atoms with E-state index < -0.39 is 0 Å². The number of halogens is 1. The van der Waals surface area contributed by atoms with Crippen molar-refractivity contribution in [1.82, 2.24) is 0 Å². The molecule has 0 atom stereocenters. The van der Waals surface area contributed by atoms with Crippen molar-refractivity contribution in [1.29, 1.82) is 0 Å². The van der Waals surface area contributed by atoms with Gasteiger partial charge in [0.1, 0.15) is 5.60 Å². The first-order valence-electron chi connectivity index (χ1n) is 9.15. The van der Waals surface area contributed by atoms with Crippen LogP contribution in [0.2, 0.25) is 0 Å². The molecule has 22 heavy (non-hydrogen) atoms. The van der Waals surface area contributed by atoms with Gasteiger partial charge in [-0.2, -0.15) is 0 Å². The number of quaternary nitrogens is 1. The van der Waals surface area contributed by atoms with Crippen molar-refractivity contribution in [3.8, 4) is 0 Å². The molecule has 1 aliphatic heterocycles. The van der Waals surface area contributed by atoms with Crippen LogP contribution in [-0.4, -0.2) is 30.0 Å². The molecule has 130 valence electrons. The molecule has 1 saturated heterocycles. The SMILES string of the molecule is CC(C)(OC(=O)CCCCCCCCCBr)C1CC[NH2+]CC1. The van der Waals surface area contributed by atoms with Crippen LogP contribution in [0, 0.1) is 5.92 Å². The molecular formula is C18H35BrNO2+. The molecule has 0 saturated carbocycles. The smallest absolute Gasteiger partial charge is 0.306 e. The Morgan fingerprint density at radius 3 is 2.18 bits per heavy atom. The third-order valence-corrected chi connectivity index (χ3v) is 5.37. The summed E-state index contributed by atoms with van der Waals surface area (Å²) in [5.41, 5.74) is -0.291. The minimum Gasteiger partial charge on any atom is -0.459 e. The van der Waals surface area contributed by atoms with E-state index in [0.717, 1.165) is 31.0 Å². The van der Waals surface area contributed by atoms with E-state index in [4.69, 9.17) is 4.74 Å². The van der Waals surface area contributed by atoms with Gasteiger partial charge in [0.2, 0.25) is 0 Å². The molecular weight excluding hydrogens is 342 g/mol. The first kappa shape index (κ1) is 20.0. The molecule has 1 aliphatic rings. The van der Waals surface area contributed by atoms with Gasteiger partial charge in [-0.15, -0.1) is 0 Å². The van der Waals surface area contributed by atoms with Crippen LogP contribution < -0.4 is 5.32 Å². The molecule has 0 radical (unpaired) electrons. The second-order valence-electron chi connectivity index (χ2n) is 7.13. The Bertz CT molecular complexity index is 301. The van der Waals surface area contributed by atoms with Crippen molar-refractivity contribution in [2.75, 3.05) is 18.4 Å². The van der Waals surface area contributed by atoms with Crippen molar-refractivity contribution in [3.05, 3.63) is 0 Å². The van der Waals surface area contributed by atoms with Crippen molar-refractivity contribution < 1.29 is 14.8 Å². The normalized spacial score (nSPS) is 16.7. The van der Waals surface area contributed by atoms with Crippen molar-refractivity contribution >= 4 is 21.9 Å². The van der Waals surface area contributed by atoms with Crippen LogP contribution in [0.25, 0.3) is 0 Å². The van der Waals surface area contributed by atoms with E-state index in [1.807, 2.05) is 0 Å². The summed E-state index contributed by atoms with van der Waals surface area (Å²) in [6, 6.07) is 0. The molecule has 0 aromatic carbocycles. The Labute approximate surface area is 145 Å². The third-order valence-electron chi connectivity index (χ3n) is 4.81. The number of unbranched alkanes of at least 4 members (excludes halogenated alkanes) is 6. The highest BCUT2D eigenvalue weighted by atomic mass is 79.9. The first-order chi connectivity index (χ1) is 10.6. The minimum atomic E-state index is -0.291. The predicted octanol–water partition coefficient (Wildman–Crippen LogP) is 3.80. The fraction of sp³-hybridized carbons (Fsp3) is 0.944. The first-order valence-corrected chi connectivity index (χ1v) is 10.3. The summed E-state index contributed by atoms with van der Waals surface area (Å²) < 4.78 is 5.78. The number of alkyl halides is 1. The zero-order chi connectivity index (χ0) is 16.3. The Morgan fingerprint density at radius 2 is 1.59 bits per heavy atom. The molecule has 0 unspecified atom stereocenters. The van der Waals surface area contributed by atoms with Gasteiger partial charge in [0.25, 0.3) is 0 Å². The van der Waals surface area contributed by atoms with Gasteiger partial charge in [-0.05, 0) is 26.7 Å². The number of carbonyl (C=O) groups excluding carboxylic acids is 1. The molecule has 2 N–H and O–H groups in total. The summed E-state index contributed by atoms with van der Waals surface area (Å²) in [7, 11) is 0. The van der Waals surface area contributed by atoms with E-state index in [0.29, 0.717) is 12.3 Å². The Morgan fingerprint density at radius 1 is 1.05 bits per heavy atom. The molecule has 0 amide bonds. The van der Waals surface area contributed by atoms with Crippen LogP contribution in [-0.2, 0) is 9.53 Å². The van der Waals surface area contributed by atoms with Crippen LogP contribution in [0.15, 0.2) is 0 Å². The molecule has 1 heterocycles. The molecule has 0 aromatic rings. The van der Waals surface area contributed by atoms with Crippen LogP contribution in [0.4, 0.5) is 0 Å². The van der Waals surface area contributed by atoms with Crippen LogP contribution >= 0.6 is 15.9 Å². The number of rotatable bonds is 11. The zero-order valence-corrected chi connectivity index (χ0v) is 16.1. The zero-order valence-electron chi connectivity index (χ0n) is 14.5. The fourth-order valence-electron chi connectivity index (χ4n) is 3.30. The molecule has 1 fully saturated rings. The maximum absolute atomic E-state index is 12.0. The van der Waals surface area contributed by atoms with E-state index in [9.17, 15) is 4.79 Å². The van der Waals surface area contributed by atoms with Crippen LogP contribution in [0.1, 0.15) is 78.1 Å². The van der Waals surface area contributed by atoms with E-state index in [-0.39, 0.29) is 11.6 Å². The summed E-state index contributed by atoms with van der Waals surface area (Å²) in [5, 5.41) is 3.47. The lowest BCUT2D eigenvalue weighted by molar-refractivity contribution is -0.665. The average molecular weight is 377 g/mol. The predicted molar refractivity (Wildman–Crippen MR) is 95.3 cm³/mol. The van der Waals surface area contributed by atoms with Gasteiger partial charge < -0.3 is 10.1 Å². The number of hydrogen-bond acceptors (Lipinski definition) is 2. The lowest BCUT2D eigenvalue weighted by atomic mass is 9.83. The summed E-state index contributed by atoms with van der Waals surface area (Å²) in [4.78, 5) is 12.0. The number of piperidine rings is 1. The van der Waals surface area contributed by atoms with Crippen LogP contribution in [0.5, 0.6) is 0 Å². The fourth-order valence-corrected chi connectivity index (χ4v) is 3.69. The number of carbonyl (C=O) groups is 1. The van der Waals surface area contributed by atoms with Crippen molar-refractivity contribution in [2.45, 2.75) is 83.7 Å². The minimum absolute atomic E-state index is 0.00107. The topological polar surface area (TPSA) is 42.9 Å². The third kappa shape index (κ3) is 8.52. The highest BCUT2D eigenvalue weighted by Gasteiger charge is 2.35. The van der Waals surface area contributed by atoms with E-state index in [2.05, 4.69) is 35.1 Å². The van der Waals surface area contributed by atoms with E-state index in [1.165, 1.54) is 45.2 Å². The van der Waals surface area contributed by atoms with E-state index >= 15 is 0 Å². The quantitative estimate of drug-likeness (QED) is 0.338. The molecule has 0 aliphatic carbocycles. The summed E-state index contributed by atoms with van der Waals surface area (Å²) in [5.74, 6) is 0.523. The highest BCUT2D eigenvalue weighted by Crippen LogP contribution is 2.28. The van der Waals surface area contributed by atoms with Crippen LogP contribution in [0.3, 0.4) is 0 Å². The Balaban J connectivity index is 2.07. The lowest BCUT2D eigenvalue weighted by Crippen LogP contribution is -2.86. The summed E-state index contributed by atoms with van der Waals surface area (Å²) in [6.45, 7) is 6.51. The summed E-state index contributed by atoms with van der Waals surface area (Å²) >= 11 is 3.46. The van der Waals surface area contributed by atoms with Crippen molar-refractivity contribution in [2.24, 2.45) is 5.92 Å². The molecule has 0 bridgehead atoms. The monoisotopic (exact) mass is 376 g/mol. The average Bonchev–Trinajstić information content (AvgIpc) is 2.50.